The van der Waals surface area contributed by atoms with Gasteiger partial charge in [-0.2, -0.15) is 0 Å². The molecule has 0 aliphatic carbocycles. The highest BCUT2D eigenvalue weighted by molar-refractivity contribution is 7.89. The summed E-state index contributed by atoms with van der Waals surface area (Å²) >= 11 is 0. The number of anilines is 2. The number of sulfonamides is 1. The van der Waals surface area contributed by atoms with Gasteiger partial charge in [-0.3, -0.25) is 4.79 Å². The molecule has 27 heavy (non-hydrogen) atoms. The molecular weight excluding hydrogens is 377 g/mol. The van der Waals surface area contributed by atoms with Crippen molar-refractivity contribution in [2.45, 2.75) is 11.8 Å². The van der Waals surface area contributed by atoms with Crippen molar-refractivity contribution < 1.29 is 27.1 Å². The molecule has 0 unspecified atom stereocenters. The summed E-state index contributed by atoms with van der Waals surface area (Å²) in [5.74, 6) is -2.17. The maximum absolute atomic E-state index is 13.0. The summed E-state index contributed by atoms with van der Waals surface area (Å²) in [6.07, 6.45) is 0. The maximum Gasteiger partial charge on any atom is 0.340 e. The maximum atomic E-state index is 13.0. The van der Waals surface area contributed by atoms with Crippen molar-refractivity contribution in [1.29, 1.82) is 0 Å². The number of halogens is 1. The van der Waals surface area contributed by atoms with Crippen LogP contribution in [0.5, 0.6) is 0 Å². The lowest BCUT2D eigenvalue weighted by molar-refractivity contribution is -0.119. The van der Waals surface area contributed by atoms with Crippen molar-refractivity contribution in [3.8, 4) is 0 Å². The van der Waals surface area contributed by atoms with Gasteiger partial charge in [0.25, 0.3) is 5.91 Å². The first-order chi connectivity index (χ1) is 12.6. The number of hydrogen-bond acceptors (Lipinski definition) is 6. The summed E-state index contributed by atoms with van der Waals surface area (Å²) in [6.45, 7) is 0.988. The fourth-order valence-corrected chi connectivity index (χ4v) is 3.20. The van der Waals surface area contributed by atoms with E-state index >= 15 is 0 Å². The zero-order valence-corrected chi connectivity index (χ0v) is 15.4. The van der Waals surface area contributed by atoms with E-state index in [9.17, 15) is 22.4 Å². The molecule has 0 aliphatic rings. The standard InChI is InChI=1S/C17H18FN3O5S/c1-10-3-5-12(8-15(10)27(24,25)20-2)21-16(22)9-26-17(23)13-6-4-11(18)7-14(13)19/h3-8,20H,9,19H2,1-2H3,(H,21,22). The van der Waals surface area contributed by atoms with Crippen molar-refractivity contribution in [3.05, 3.63) is 53.3 Å². The van der Waals surface area contributed by atoms with Crippen LogP contribution in [-0.4, -0.2) is 33.9 Å². The van der Waals surface area contributed by atoms with Gasteiger partial charge < -0.3 is 15.8 Å². The zero-order chi connectivity index (χ0) is 20.2. The van der Waals surface area contributed by atoms with Crippen LogP contribution >= 0.6 is 0 Å². The Balaban J connectivity index is 2.04. The fourth-order valence-electron chi connectivity index (χ4n) is 2.20. The van der Waals surface area contributed by atoms with Gasteiger partial charge in [0.2, 0.25) is 10.0 Å². The predicted octanol–water partition coefficient (Wildman–Crippen LogP) is 1.42. The molecule has 2 aromatic carbocycles. The number of carbonyl (C=O) groups is 2. The van der Waals surface area contributed by atoms with Crippen LogP contribution in [0.15, 0.2) is 41.3 Å². The highest BCUT2D eigenvalue weighted by Gasteiger charge is 2.17. The summed E-state index contributed by atoms with van der Waals surface area (Å²) in [6, 6.07) is 7.50. The third kappa shape index (κ3) is 5.02. The first-order valence-corrected chi connectivity index (χ1v) is 9.18. The summed E-state index contributed by atoms with van der Waals surface area (Å²) in [5, 5.41) is 2.44. The molecule has 2 aromatic rings. The average molecular weight is 395 g/mol. The summed E-state index contributed by atoms with van der Waals surface area (Å²) in [4.78, 5) is 23.9. The molecule has 0 aliphatic heterocycles. The van der Waals surface area contributed by atoms with E-state index in [4.69, 9.17) is 10.5 Å². The van der Waals surface area contributed by atoms with Crippen molar-refractivity contribution in [2.24, 2.45) is 0 Å². The second kappa shape index (κ2) is 8.14. The predicted molar refractivity (Wildman–Crippen MR) is 97.1 cm³/mol. The lowest BCUT2D eigenvalue weighted by Crippen LogP contribution is -2.22. The molecule has 0 heterocycles. The van der Waals surface area contributed by atoms with Crippen LogP contribution in [0.2, 0.25) is 0 Å². The van der Waals surface area contributed by atoms with E-state index in [1.807, 2.05) is 0 Å². The normalized spacial score (nSPS) is 11.1. The van der Waals surface area contributed by atoms with E-state index in [0.29, 0.717) is 5.56 Å². The van der Waals surface area contributed by atoms with Crippen molar-refractivity contribution >= 4 is 33.3 Å². The molecule has 0 fully saturated rings. The molecule has 1 amide bonds. The van der Waals surface area contributed by atoms with Gasteiger partial charge in [0.15, 0.2) is 6.61 Å². The van der Waals surface area contributed by atoms with Crippen LogP contribution in [0, 0.1) is 12.7 Å². The molecule has 0 spiro atoms. The number of hydrogen-bond donors (Lipinski definition) is 3. The first kappa shape index (κ1) is 20.3. The minimum absolute atomic E-state index is 0.0129. The fraction of sp³-hybridized carbons (Fsp3) is 0.176. The van der Waals surface area contributed by atoms with Crippen LogP contribution < -0.4 is 15.8 Å². The lowest BCUT2D eigenvalue weighted by Gasteiger charge is -2.11. The monoisotopic (exact) mass is 395 g/mol. The number of esters is 1. The molecule has 4 N–H and O–H groups in total. The second-order valence-corrected chi connectivity index (χ2v) is 7.40. The molecule has 0 saturated heterocycles. The quantitative estimate of drug-likeness (QED) is 0.501. The number of nitrogens with one attached hydrogen (secondary N) is 2. The zero-order valence-electron chi connectivity index (χ0n) is 14.6. The largest absolute Gasteiger partial charge is 0.452 e. The minimum Gasteiger partial charge on any atom is -0.452 e. The molecule has 0 radical (unpaired) electrons. The summed E-state index contributed by atoms with van der Waals surface area (Å²) < 4.78 is 43.9. The highest BCUT2D eigenvalue weighted by Crippen LogP contribution is 2.20. The number of aryl methyl sites for hydroxylation is 1. The molecule has 0 bridgehead atoms. The van der Waals surface area contributed by atoms with Gasteiger partial charge >= 0.3 is 5.97 Å². The van der Waals surface area contributed by atoms with Gasteiger partial charge in [0.05, 0.1) is 10.5 Å². The number of nitrogen functional groups attached to an aromatic ring is 1. The molecular formula is C17H18FN3O5S. The number of amides is 1. The topological polar surface area (TPSA) is 128 Å². The minimum atomic E-state index is -3.69. The second-order valence-electron chi connectivity index (χ2n) is 5.54. The van der Waals surface area contributed by atoms with Gasteiger partial charge in [-0.05, 0) is 49.9 Å². The summed E-state index contributed by atoms with van der Waals surface area (Å²) in [7, 11) is -2.41. The van der Waals surface area contributed by atoms with Crippen molar-refractivity contribution in [3.63, 3.8) is 0 Å². The molecule has 144 valence electrons. The van der Waals surface area contributed by atoms with E-state index in [1.54, 1.807) is 6.92 Å². The number of benzene rings is 2. The molecule has 0 saturated carbocycles. The molecule has 0 atom stereocenters. The SMILES string of the molecule is CNS(=O)(=O)c1cc(NC(=O)COC(=O)c2ccc(F)cc2N)ccc1C. The smallest absolute Gasteiger partial charge is 0.340 e. The van der Waals surface area contributed by atoms with Gasteiger partial charge in [0.1, 0.15) is 5.82 Å². The Labute approximate surface area is 155 Å². The Bertz CT molecular complexity index is 992. The third-order valence-corrected chi connectivity index (χ3v) is 5.15. The number of ether oxygens (including phenoxy) is 1. The lowest BCUT2D eigenvalue weighted by atomic mass is 10.2. The van der Waals surface area contributed by atoms with E-state index < -0.39 is 34.3 Å². The molecule has 10 heteroatoms. The Morgan fingerprint density at radius 2 is 1.89 bits per heavy atom. The van der Waals surface area contributed by atoms with E-state index in [2.05, 4.69) is 10.0 Å². The Hall–Kier alpha value is -2.98. The molecule has 2 rings (SSSR count). The van der Waals surface area contributed by atoms with Crippen molar-refractivity contribution in [1.82, 2.24) is 4.72 Å². The van der Waals surface area contributed by atoms with E-state index in [0.717, 1.165) is 18.2 Å². The Morgan fingerprint density at radius 3 is 2.52 bits per heavy atom. The van der Waals surface area contributed by atoms with Gasteiger partial charge in [-0.25, -0.2) is 22.3 Å². The molecule has 8 nitrogen and oxygen atoms in total. The Morgan fingerprint density at radius 1 is 1.19 bits per heavy atom. The van der Waals surface area contributed by atoms with Crippen molar-refractivity contribution in [2.75, 3.05) is 24.7 Å². The van der Waals surface area contributed by atoms with Gasteiger partial charge in [0, 0.05) is 11.4 Å². The van der Waals surface area contributed by atoms with Gasteiger partial charge in [-0.15, -0.1) is 0 Å². The first-order valence-electron chi connectivity index (χ1n) is 7.70. The van der Waals surface area contributed by atoms with Crippen LogP contribution in [-0.2, 0) is 19.6 Å². The average Bonchev–Trinajstić information content (AvgIpc) is 2.61. The highest BCUT2D eigenvalue weighted by atomic mass is 32.2. The third-order valence-electron chi connectivity index (χ3n) is 3.60. The van der Waals surface area contributed by atoms with Gasteiger partial charge in [-0.1, -0.05) is 6.07 Å². The number of rotatable bonds is 6. The summed E-state index contributed by atoms with van der Waals surface area (Å²) in [5.41, 5.74) is 6.07. The Kier molecular flexibility index (Phi) is 6.13. The van der Waals surface area contributed by atoms with Crippen LogP contribution in [0.3, 0.4) is 0 Å². The van der Waals surface area contributed by atoms with E-state index in [1.165, 1.54) is 25.2 Å². The number of carbonyl (C=O) groups excluding carboxylic acids is 2. The van der Waals surface area contributed by atoms with Crippen LogP contribution in [0.4, 0.5) is 15.8 Å². The van der Waals surface area contributed by atoms with E-state index in [-0.39, 0.29) is 21.8 Å². The van der Waals surface area contributed by atoms with Crippen LogP contribution in [0.25, 0.3) is 0 Å². The number of nitrogens with two attached hydrogens (primary N) is 1. The van der Waals surface area contributed by atoms with Crippen LogP contribution in [0.1, 0.15) is 15.9 Å². The molecule has 0 aromatic heterocycles.